The number of pyridine rings is 1. The van der Waals surface area contributed by atoms with E-state index < -0.39 is 0 Å². The Labute approximate surface area is 154 Å². The van der Waals surface area contributed by atoms with Crippen LogP contribution in [-0.4, -0.2) is 57.8 Å². The minimum Gasteiger partial charge on any atom is -0.363 e. The van der Waals surface area contributed by atoms with Crippen molar-refractivity contribution in [2.75, 3.05) is 38.1 Å². The number of piperazine rings is 1. The Morgan fingerprint density at radius 2 is 1.96 bits per heavy atom. The normalized spacial score (nSPS) is 18.5. The fourth-order valence-corrected chi connectivity index (χ4v) is 3.94. The number of rotatable bonds is 3. The topological polar surface area (TPSA) is 100 Å². The zero-order valence-electron chi connectivity index (χ0n) is 15.0. The molecule has 3 aliphatic heterocycles. The minimum atomic E-state index is -0.335. The molecule has 0 bridgehead atoms. The minimum absolute atomic E-state index is 0.0670. The van der Waals surface area contributed by atoms with Gasteiger partial charge in [0.05, 0.1) is 16.0 Å². The Balaban J connectivity index is 1.78. The van der Waals surface area contributed by atoms with Crippen molar-refractivity contribution < 1.29 is 4.92 Å². The molecule has 2 fully saturated rings. The SMILES string of the molecule is CN1CCN(c2cc3c(cc2[N+](=O)[O-])c2n[nH]c(=O)c-2cn3C2CC2)CC1. The Hall–Kier alpha value is -2.94. The van der Waals surface area contributed by atoms with E-state index in [-0.39, 0.29) is 16.2 Å². The summed E-state index contributed by atoms with van der Waals surface area (Å²) in [6, 6.07) is 3.84. The lowest BCUT2D eigenvalue weighted by molar-refractivity contribution is -0.384. The zero-order valence-corrected chi connectivity index (χ0v) is 15.0. The molecule has 140 valence electrons. The number of H-pyrrole nitrogens is 1. The van der Waals surface area contributed by atoms with Gasteiger partial charge >= 0.3 is 0 Å². The summed E-state index contributed by atoms with van der Waals surface area (Å²) < 4.78 is 2.10. The van der Waals surface area contributed by atoms with Crippen molar-refractivity contribution in [2.45, 2.75) is 18.9 Å². The maximum atomic E-state index is 12.1. The molecule has 0 aromatic heterocycles. The van der Waals surface area contributed by atoms with Gasteiger partial charge in [-0.25, -0.2) is 5.10 Å². The molecular weight excluding hydrogens is 348 g/mol. The fraction of sp³-hybridized carbons (Fsp3) is 0.444. The second-order valence-electron chi connectivity index (χ2n) is 7.49. The standard InChI is InChI=1S/C18H20N6O3/c1-21-4-6-22(7-5-21)15-9-14-12(8-16(15)24(26)27)17-13(18(25)20-19-17)10-23(14)11-2-3-11/h8-11H,2-7H2,1H3,(H,20,25). The van der Waals surface area contributed by atoms with Gasteiger partial charge in [-0.05, 0) is 26.0 Å². The molecule has 1 N–H and O–H groups in total. The molecule has 0 atom stereocenters. The van der Waals surface area contributed by atoms with Gasteiger partial charge in [0.25, 0.3) is 11.2 Å². The summed E-state index contributed by atoms with van der Waals surface area (Å²) in [5.41, 5.74) is 2.34. The molecule has 3 heterocycles. The van der Waals surface area contributed by atoms with Crippen LogP contribution in [0.15, 0.2) is 23.1 Å². The van der Waals surface area contributed by atoms with Crippen LogP contribution in [0.5, 0.6) is 0 Å². The lowest BCUT2D eigenvalue weighted by atomic mass is 10.0. The van der Waals surface area contributed by atoms with Crippen molar-refractivity contribution in [1.82, 2.24) is 19.7 Å². The number of nitro benzene ring substituents is 1. The first-order valence-corrected chi connectivity index (χ1v) is 9.18. The van der Waals surface area contributed by atoms with Gasteiger partial charge < -0.3 is 14.4 Å². The Bertz CT molecular complexity index is 1070. The molecule has 0 radical (unpaired) electrons. The second-order valence-corrected chi connectivity index (χ2v) is 7.49. The molecule has 9 nitrogen and oxygen atoms in total. The van der Waals surface area contributed by atoms with E-state index in [1.54, 1.807) is 6.07 Å². The fourth-order valence-electron chi connectivity index (χ4n) is 3.94. The highest BCUT2D eigenvalue weighted by Gasteiger charge is 2.30. The summed E-state index contributed by atoms with van der Waals surface area (Å²) in [4.78, 5) is 27.9. The van der Waals surface area contributed by atoms with Crippen LogP contribution in [0.2, 0.25) is 0 Å². The number of nitrogens with zero attached hydrogens (tertiary/aromatic N) is 5. The van der Waals surface area contributed by atoms with E-state index >= 15 is 0 Å². The van der Waals surface area contributed by atoms with E-state index in [4.69, 9.17) is 0 Å². The van der Waals surface area contributed by atoms with Gasteiger partial charge in [0.15, 0.2) is 0 Å². The quantitative estimate of drug-likeness (QED) is 0.559. The number of hydrogen-bond acceptors (Lipinski definition) is 6. The van der Waals surface area contributed by atoms with Gasteiger partial charge in [0.2, 0.25) is 0 Å². The number of aromatic nitrogens is 3. The second kappa shape index (κ2) is 5.78. The summed E-state index contributed by atoms with van der Waals surface area (Å²) in [6.45, 7) is 3.24. The van der Waals surface area contributed by atoms with E-state index in [2.05, 4.69) is 31.6 Å². The van der Waals surface area contributed by atoms with E-state index in [1.165, 1.54) is 0 Å². The predicted molar refractivity (Wildman–Crippen MR) is 102 cm³/mol. The van der Waals surface area contributed by atoms with Gasteiger partial charge in [-0.15, -0.1) is 0 Å². The smallest absolute Gasteiger partial charge is 0.293 e. The lowest BCUT2D eigenvalue weighted by Crippen LogP contribution is -2.44. The molecule has 1 saturated heterocycles. The van der Waals surface area contributed by atoms with Gasteiger partial charge in [-0.2, -0.15) is 5.10 Å². The number of nitrogens with one attached hydrogen (secondary N) is 1. The van der Waals surface area contributed by atoms with Crippen molar-refractivity contribution in [3.63, 3.8) is 0 Å². The highest BCUT2D eigenvalue weighted by atomic mass is 16.6. The first kappa shape index (κ1) is 16.2. The molecule has 0 amide bonds. The number of aromatic amines is 1. The summed E-state index contributed by atoms with van der Waals surface area (Å²) in [5.74, 6) is 0. The van der Waals surface area contributed by atoms with Crippen LogP contribution >= 0.6 is 0 Å². The van der Waals surface area contributed by atoms with Crippen molar-refractivity contribution >= 4 is 22.3 Å². The first-order chi connectivity index (χ1) is 13.0. The molecule has 9 heteroatoms. The number of benzene rings is 1. The van der Waals surface area contributed by atoms with Gasteiger partial charge in [0.1, 0.15) is 11.4 Å². The molecule has 0 unspecified atom stereocenters. The van der Waals surface area contributed by atoms with Gasteiger partial charge in [0, 0.05) is 49.9 Å². The maximum absolute atomic E-state index is 12.1. The number of anilines is 1. The van der Waals surface area contributed by atoms with Crippen LogP contribution < -0.4 is 10.5 Å². The van der Waals surface area contributed by atoms with E-state index in [1.807, 2.05) is 12.3 Å². The number of nitro groups is 1. The summed E-state index contributed by atoms with van der Waals surface area (Å²) in [6.07, 6.45) is 3.96. The molecule has 4 aliphatic rings. The molecule has 1 aliphatic carbocycles. The predicted octanol–water partition coefficient (Wildman–Crippen LogP) is 1.82. The zero-order chi connectivity index (χ0) is 18.7. The number of fused-ring (bicyclic) bond motifs is 3. The van der Waals surface area contributed by atoms with Crippen molar-refractivity contribution in [1.29, 1.82) is 0 Å². The van der Waals surface area contributed by atoms with Crippen LogP contribution in [0.3, 0.4) is 0 Å². The Morgan fingerprint density at radius 1 is 1.22 bits per heavy atom. The number of hydrogen-bond donors (Lipinski definition) is 1. The van der Waals surface area contributed by atoms with E-state index in [0.717, 1.165) is 44.5 Å². The lowest BCUT2D eigenvalue weighted by Gasteiger charge is -2.34. The number of likely N-dealkylation sites (N-methyl/N-ethyl adjacent to an activating group) is 1. The van der Waals surface area contributed by atoms with Gasteiger partial charge in [-0.1, -0.05) is 0 Å². The molecule has 1 aromatic rings. The monoisotopic (exact) mass is 368 g/mol. The maximum Gasteiger partial charge on any atom is 0.293 e. The summed E-state index contributed by atoms with van der Waals surface area (Å²) in [7, 11) is 2.06. The average Bonchev–Trinajstić information content (AvgIpc) is 3.44. The highest BCUT2D eigenvalue weighted by molar-refractivity contribution is 5.98. The third-order valence-electron chi connectivity index (χ3n) is 5.64. The van der Waals surface area contributed by atoms with Crippen LogP contribution in [0.4, 0.5) is 11.4 Å². The van der Waals surface area contributed by atoms with Crippen LogP contribution in [-0.2, 0) is 0 Å². The Morgan fingerprint density at radius 3 is 2.63 bits per heavy atom. The molecule has 27 heavy (non-hydrogen) atoms. The largest absolute Gasteiger partial charge is 0.363 e. The van der Waals surface area contributed by atoms with E-state index in [0.29, 0.717) is 28.4 Å². The Kier molecular flexibility index (Phi) is 3.48. The van der Waals surface area contributed by atoms with Gasteiger partial charge in [-0.3, -0.25) is 14.9 Å². The van der Waals surface area contributed by atoms with Crippen molar-refractivity contribution in [3.05, 3.63) is 38.8 Å². The third kappa shape index (κ3) is 2.57. The first-order valence-electron chi connectivity index (χ1n) is 9.18. The van der Waals surface area contributed by atoms with Crippen LogP contribution in [0.1, 0.15) is 18.9 Å². The third-order valence-corrected chi connectivity index (χ3v) is 5.64. The van der Waals surface area contributed by atoms with Crippen LogP contribution in [0, 0.1) is 10.1 Å². The molecular formula is C18H20N6O3. The van der Waals surface area contributed by atoms with Crippen molar-refractivity contribution in [3.8, 4) is 11.3 Å². The average molecular weight is 368 g/mol. The summed E-state index contributed by atoms with van der Waals surface area (Å²) >= 11 is 0. The summed E-state index contributed by atoms with van der Waals surface area (Å²) in [5, 5.41) is 19.1. The van der Waals surface area contributed by atoms with Crippen molar-refractivity contribution in [2.24, 2.45) is 0 Å². The molecule has 1 saturated carbocycles. The molecule has 5 rings (SSSR count). The van der Waals surface area contributed by atoms with Crippen LogP contribution in [0.25, 0.3) is 22.2 Å². The molecule has 0 spiro atoms. The van der Waals surface area contributed by atoms with E-state index in [9.17, 15) is 14.9 Å². The highest BCUT2D eigenvalue weighted by Crippen LogP contribution is 2.43. The molecule has 1 aromatic carbocycles.